The number of ketones is 1. The first kappa shape index (κ1) is 12.5. The molecule has 0 heterocycles. The number of benzene rings is 1. The molecule has 1 rings (SSSR count). The van der Waals surface area contributed by atoms with Crippen molar-refractivity contribution in [3.8, 4) is 11.5 Å². The monoisotopic (exact) mass is 223 g/mol. The molecule has 1 aromatic rings. The highest BCUT2D eigenvalue weighted by Gasteiger charge is 2.15. The number of Topliss-reactive ketones (excluding diaryl/α,β-unsaturated/α-hetero) is 1. The van der Waals surface area contributed by atoms with Gasteiger partial charge in [0.25, 0.3) is 0 Å². The maximum Gasteiger partial charge on any atom is 0.179 e. The highest BCUT2D eigenvalue weighted by molar-refractivity contribution is 6.00. The SMILES string of the molecule is CCNC(C)C(=O)c1ccc(O)c(OC)c1. The molecule has 1 atom stereocenters. The lowest BCUT2D eigenvalue weighted by Gasteiger charge is -2.12. The smallest absolute Gasteiger partial charge is 0.179 e. The quantitative estimate of drug-likeness (QED) is 0.744. The van der Waals surface area contributed by atoms with Crippen molar-refractivity contribution in [1.29, 1.82) is 0 Å². The largest absolute Gasteiger partial charge is 0.504 e. The number of carbonyl (C=O) groups is 1. The fourth-order valence-corrected chi connectivity index (χ4v) is 1.48. The standard InChI is InChI=1S/C12H17NO3/c1-4-13-8(2)12(15)9-5-6-10(14)11(7-9)16-3/h5-8,13-14H,4H2,1-3H3. The van der Waals surface area contributed by atoms with Gasteiger partial charge in [0.15, 0.2) is 17.3 Å². The van der Waals surface area contributed by atoms with Gasteiger partial charge in [-0.15, -0.1) is 0 Å². The molecule has 88 valence electrons. The summed E-state index contributed by atoms with van der Waals surface area (Å²) >= 11 is 0. The Hall–Kier alpha value is -1.55. The van der Waals surface area contributed by atoms with Crippen molar-refractivity contribution in [2.24, 2.45) is 0 Å². The highest BCUT2D eigenvalue weighted by Crippen LogP contribution is 2.26. The summed E-state index contributed by atoms with van der Waals surface area (Å²) in [6.07, 6.45) is 0. The predicted octanol–water partition coefficient (Wildman–Crippen LogP) is 1.58. The third-order valence-corrected chi connectivity index (χ3v) is 2.37. The molecule has 0 amide bonds. The third kappa shape index (κ3) is 2.73. The molecule has 0 spiro atoms. The van der Waals surface area contributed by atoms with E-state index in [9.17, 15) is 9.90 Å². The minimum Gasteiger partial charge on any atom is -0.504 e. The Labute approximate surface area is 95.2 Å². The summed E-state index contributed by atoms with van der Waals surface area (Å²) < 4.78 is 4.95. The molecule has 0 fully saturated rings. The topological polar surface area (TPSA) is 58.6 Å². The van der Waals surface area contributed by atoms with E-state index in [-0.39, 0.29) is 17.6 Å². The van der Waals surface area contributed by atoms with Crippen molar-refractivity contribution in [3.63, 3.8) is 0 Å². The van der Waals surface area contributed by atoms with E-state index < -0.39 is 0 Å². The summed E-state index contributed by atoms with van der Waals surface area (Å²) in [6, 6.07) is 4.36. The Morgan fingerprint density at radius 2 is 2.25 bits per heavy atom. The molecule has 0 aliphatic heterocycles. The van der Waals surface area contributed by atoms with Crippen LogP contribution in [0.2, 0.25) is 0 Å². The minimum atomic E-state index is -0.237. The van der Waals surface area contributed by atoms with Gasteiger partial charge < -0.3 is 15.2 Å². The Kier molecular flexibility index (Phi) is 4.31. The van der Waals surface area contributed by atoms with Crippen LogP contribution in [-0.2, 0) is 0 Å². The first-order chi connectivity index (χ1) is 7.60. The zero-order chi connectivity index (χ0) is 12.1. The van der Waals surface area contributed by atoms with E-state index in [1.807, 2.05) is 13.8 Å². The van der Waals surface area contributed by atoms with Crippen LogP contribution in [0.4, 0.5) is 0 Å². The molecule has 1 aromatic carbocycles. The third-order valence-electron chi connectivity index (χ3n) is 2.37. The highest BCUT2D eigenvalue weighted by atomic mass is 16.5. The maximum atomic E-state index is 11.9. The second-order valence-electron chi connectivity index (χ2n) is 3.53. The number of methoxy groups -OCH3 is 1. The number of rotatable bonds is 5. The van der Waals surface area contributed by atoms with Crippen LogP contribution in [0.5, 0.6) is 11.5 Å². The summed E-state index contributed by atoms with van der Waals surface area (Å²) in [6.45, 7) is 4.49. The van der Waals surface area contributed by atoms with Crippen LogP contribution in [0.15, 0.2) is 18.2 Å². The molecule has 0 aliphatic carbocycles. The van der Waals surface area contributed by atoms with Gasteiger partial charge in [0.2, 0.25) is 0 Å². The van der Waals surface area contributed by atoms with Crippen molar-refractivity contribution in [2.75, 3.05) is 13.7 Å². The Bertz CT molecular complexity index is 377. The second kappa shape index (κ2) is 5.51. The van der Waals surface area contributed by atoms with E-state index in [0.29, 0.717) is 11.3 Å². The molecular weight excluding hydrogens is 206 g/mol. The fourth-order valence-electron chi connectivity index (χ4n) is 1.48. The zero-order valence-electron chi connectivity index (χ0n) is 9.78. The van der Waals surface area contributed by atoms with Gasteiger partial charge in [0.05, 0.1) is 13.2 Å². The normalized spacial score (nSPS) is 12.2. The van der Waals surface area contributed by atoms with Crippen molar-refractivity contribution in [3.05, 3.63) is 23.8 Å². The first-order valence-electron chi connectivity index (χ1n) is 5.24. The van der Waals surface area contributed by atoms with Crippen LogP contribution in [0.1, 0.15) is 24.2 Å². The number of carbonyl (C=O) groups excluding carboxylic acids is 1. The van der Waals surface area contributed by atoms with Crippen LogP contribution >= 0.6 is 0 Å². The van der Waals surface area contributed by atoms with Crippen LogP contribution in [-0.4, -0.2) is 30.6 Å². The van der Waals surface area contributed by atoms with Crippen LogP contribution < -0.4 is 10.1 Å². The van der Waals surface area contributed by atoms with Gasteiger partial charge in [0.1, 0.15) is 0 Å². The van der Waals surface area contributed by atoms with E-state index in [1.54, 1.807) is 12.1 Å². The average molecular weight is 223 g/mol. The molecule has 16 heavy (non-hydrogen) atoms. The Morgan fingerprint density at radius 3 is 2.81 bits per heavy atom. The molecule has 1 unspecified atom stereocenters. The molecule has 0 bridgehead atoms. The lowest BCUT2D eigenvalue weighted by Crippen LogP contribution is -2.33. The van der Waals surface area contributed by atoms with Gasteiger partial charge in [-0.1, -0.05) is 6.92 Å². The van der Waals surface area contributed by atoms with Crippen LogP contribution in [0, 0.1) is 0 Å². The number of aromatic hydroxyl groups is 1. The zero-order valence-corrected chi connectivity index (χ0v) is 9.78. The van der Waals surface area contributed by atoms with Crippen molar-refractivity contribution in [2.45, 2.75) is 19.9 Å². The fraction of sp³-hybridized carbons (Fsp3) is 0.417. The van der Waals surface area contributed by atoms with Crippen LogP contribution in [0.3, 0.4) is 0 Å². The van der Waals surface area contributed by atoms with Gasteiger partial charge in [-0.25, -0.2) is 0 Å². The number of phenolic OH excluding ortho intramolecular Hbond substituents is 1. The van der Waals surface area contributed by atoms with Crippen molar-refractivity contribution >= 4 is 5.78 Å². The molecule has 4 nitrogen and oxygen atoms in total. The van der Waals surface area contributed by atoms with Gasteiger partial charge in [0, 0.05) is 5.56 Å². The average Bonchev–Trinajstić information content (AvgIpc) is 2.29. The molecule has 0 saturated heterocycles. The number of phenols is 1. The molecular formula is C12H17NO3. The molecule has 0 aliphatic rings. The summed E-state index contributed by atoms with van der Waals surface area (Å²) in [7, 11) is 1.46. The van der Waals surface area contributed by atoms with Gasteiger partial charge >= 0.3 is 0 Å². The van der Waals surface area contributed by atoms with Gasteiger partial charge in [-0.05, 0) is 31.7 Å². The maximum absolute atomic E-state index is 11.9. The predicted molar refractivity (Wildman–Crippen MR) is 62.1 cm³/mol. The van der Waals surface area contributed by atoms with E-state index in [1.165, 1.54) is 13.2 Å². The Morgan fingerprint density at radius 1 is 1.56 bits per heavy atom. The minimum absolute atomic E-state index is 0.0137. The number of hydrogen-bond acceptors (Lipinski definition) is 4. The molecule has 2 N–H and O–H groups in total. The number of ether oxygens (including phenoxy) is 1. The lowest BCUT2D eigenvalue weighted by molar-refractivity contribution is 0.0951. The molecule has 4 heteroatoms. The summed E-state index contributed by atoms with van der Waals surface area (Å²) in [5.41, 5.74) is 0.531. The number of likely N-dealkylation sites (N-methyl/N-ethyl adjacent to an activating group) is 1. The first-order valence-corrected chi connectivity index (χ1v) is 5.24. The second-order valence-corrected chi connectivity index (χ2v) is 3.53. The Balaban J connectivity index is 2.92. The molecule has 0 aromatic heterocycles. The van der Waals surface area contributed by atoms with Crippen molar-refractivity contribution < 1.29 is 14.6 Å². The van der Waals surface area contributed by atoms with Gasteiger partial charge in [-0.3, -0.25) is 4.79 Å². The summed E-state index contributed by atoms with van der Waals surface area (Å²) in [5.74, 6) is 0.338. The van der Waals surface area contributed by atoms with E-state index in [4.69, 9.17) is 4.74 Å². The summed E-state index contributed by atoms with van der Waals surface area (Å²) in [4.78, 5) is 11.9. The van der Waals surface area contributed by atoms with Gasteiger partial charge in [-0.2, -0.15) is 0 Å². The number of hydrogen-bond donors (Lipinski definition) is 2. The van der Waals surface area contributed by atoms with E-state index in [2.05, 4.69) is 5.32 Å². The summed E-state index contributed by atoms with van der Waals surface area (Å²) in [5, 5.41) is 12.4. The lowest BCUT2D eigenvalue weighted by atomic mass is 10.0. The molecule has 0 radical (unpaired) electrons. The molecule has 0 saturated carbocycles. The van der Waals surface area contributed by atoms with Crippen LogP contribution in [0.25, 0.3) is 0 Å². The van der Waals surface area contributed by atoms with E-state index >= 15 is 0 Å². The van der Waals surface area contributed by atoms with Crippen molar-refractivity contribution in [1.82, 2.24) is 5.32 Å². The number of nitrogens with one attached hydrogen (secondary N) is 1. The van der Waals surface area contributed by atoms with E-state index in [0.717, 1.165) is 6.54 Å².